The molecule has 4 rings (SSSR count). The van der Waals surface area contributed by atoms with Gasteiger partial charge in [-0.05, 0) is 61.9 Å². The van der Waals surface area contributed by atoms with Crippen LogP contribution >= 0.6 is 0 Å². The summed E-state index contributed by atoms with van der Waals surface area (Å²) in [7, 11) is 0. The van der Waals surface area contributed by atoms with Crippen LogP contribution in [0.4, 0.5) is 0 Å². The Balaban J connectivity index is 0.000000390. The number of esters is 1. The van der Waals surface area contributed by atoms with Crippen molar-refractivity contribution in [3.05, 3.63) is 42.0 Å². The maximum absolute atomic E-state index is 12.4. The highest BCUT2D eigenvalue weighted by molar-refractivity contribution is 5.89. The van der Waals surface area contributed by atoms with Crippen molar-refractivity contribution < 1.29 is 34.1 Å². The van der Waals surface area contributed by atoms with E-state index in [9.17, 15) is 14.4 Å². The molecule has 0 amide bonds. The molecule has 176 valence electrons. The van der Waals surface area contributed by atoms with Crippen molar-refractivity contribution in [3.63, 3.8) is 0 Å². The molecule has 3 saturated heterocycles. The molecule has 2 atom stereocenters. The smallest absolute Gasteiger partial charge is 0.347 e. The largest absolute Gasteiger partial charge is 0.479 e. The minimum atomic E-state index is -1.26. The number of aliphatic carboxylic acids is 2. The van der Waals surface area contributed by atoms with Gasteiger partial charge in [-0.1, -0.05) is 32.9 Å². The van der Waals surface area contributed by atoms with Gasteiger partial charge >= 0.3 is 17.9 Å². The Bertz CT molecular complexity index is 802. The van der Waals surface area contributed by atoms with Gasteiger partial charge in [-0.25, -0.2) is 14.4 Å². The van der Waals surface area contributed by atoms with Crippen molar-refractivity contribution in [2.24, 2.45) is 5.92 Å². The van der Waals surface area contributed by atoms with Gasteiger partial charge in [0.15, 0.2) is 6.10 Å². The van der Waals surface area contributed by atoms with Crippen LogP contribution in [0.2, 0.25) is 0 Å². The summed E-state index contributed by atoms with van der Waals surface area (Å²) in [6.45, 7) is 11.5. The minimum Gasteiger partial charge on any atom is -0.479 e. The standard InChI is InChI=1S/C20H29NO3.C4H4O4/c1-14(23-17-7-5-16(6-8-17)20(2,3)4)19(22)24-18-13-21-11-9-15(18)10-12-21;5-3(6)1-2-4(7)8/h5-8,14-15,18H,9-13H2,1-4H3;1-2H,(H,5,6)(H,7,8)/b;2-1-. The molecule has 0 spiro atoms. The van der Waals surface area contributed by atoms with Gasteiger partial charge in [0.1, 0.15) is 11.9 Å². The van der Waals surface area contributed by atoms with E-state index in [0.717, 1.165) is 32.5 Å². The average molecular weight is 448 g/mol. The zero-order valence-corrected chi connectivity index (χ0v) is 19.1. The molecule has 2 bridgehead atoms. The van der Waals surface area contributed by atoms with Crippen LogP contribution in [0.3, 0.4) is 0 Å². The van der Waals surface area contributed by atoms with Gasteiger partial charge in [0.05, 0.1) is 0 Å². The predicted octanol–water partition coefficient (Wildman–Crippen LogP) is 3.10. The molecule has 3 fully saturated rings. The van der Waals surface area contributed by atoms with Crippen molar-refractivity contribution in [2.75, 3.05) is 19.6 Å². The van der Waals surface area contributed by atoms with E-state index in [0.29, 0.717) is 23.8 Å². The van der Waals surface area contributed by atoms with Crippen molar-refractivity contribution in [3.8, 4) is 5.75 Å². The zero-order valence-electron chi connectivity index (χ0n) is 19.1. The average Bonchev–Trinajstić information content (AvgIpc) is 2.73. The summed E-state index contributed by atoms with van der Waals surface area (Å²) >= 11 is 0. The number of piperidine rings is 3. The number of ether oxygens (including phenoxy) is 2. The molecule has 2 N–H and O–H groups in total. The molecule has 8 nitrogen and oxygen atoms in total. The molecule has 3 aliphatic heterocycles. The summed E-state index contributed by atoms with van der Waals surface area (Å²) in [6, 6.07) is 7.97. The van der Waals surface area contributed by atoms with Crippen LogP contribution in [-0.2, 0) is 24.5 Å². The van der Waals surface area contributed by atoms with E-state index in [1.807, 2.05) is 12.1 Å². The maximum atomic E-state index is 12.4. The molecule has 0 saturated carbocycles. The highest BCUT2D eigenvalue weighted by Crippen LogP contribution is 2.30. The molecule has 1 aromatic carbocycles. The third kappa shape index (κ3) is 8.00. The lowest BCUT2D eigenvalue weighted by molar-refractivity contribution is -0.166. The predicted molar refractivity (Wildman–Crippen MR) is 119 cm³/mol. The third-order valence-corrected chi connectivity index (χ3v) is 5.60. The lowest BCUT2D eigenvalue weighted by Gasteiger charge is -2.44. The van der Waals surface area contributed by atoms with E-state index < -0.39 is 18.0 Å². The van der Waals surface area contributed by atoms with E-state index >= 15 is 0 Å². The molecule has 3 aliphatic rings. The minimum absolute atomic E-state index is 0.0364. The number of rotatable bonds is 6. The highest BCUT2D eigenvalue weighted by Gasteiger charge is 2.37. The van der Waals surface area contributed by atoms with E-state index in [4.69, 9.17) is 19.7 Å². The summed E-state index contributed by atoms with van der Waals surface area (Å²) in [5, 5.41) is 15.6. The summed E-state index contributed by atoms with van der Waals surface area (Å²) in [5.41, 5.74) is 1.36. The lowest BCUT2D eigenvalue weighted by Crippen LogP contribution is -2.52. The number of carboxylic acids is 2. The first-order valence-corrected chi connectivity index (χ1v) is 10.8. The van der Waals surface area contributed by atoms with Crippen LogP contribution in [0.25, 0.3) is 0 Å². The van der Waals surface area contributed by atoms with E-state index in [-0.39, 0.29) is 17.5 Å². The van der Waals surface area contributed by atoms with Crippen LogP contribution in [0, 0.1) is 5.92 Å². The Morgan fingerprint density at radius 2 is 1.56 bits per heavy atom. The lowest BCUT2D eigenvalue weighted by atomic mass is 9.86. The van der Waals surface area contributed by atoms with Crippen molar-refractivity contribution in [1.82, 2.24) is 4.90 Å². The third-order valence-electron chi connectivity index (χ3n) is 5.60. The topological polar surface area (TPSA) is 113 Å². The first kappa shape index (κ1) is 25.4. The Morgan fingerprint density at radius 3 is 1.97 bits per heavy atom. The Morgan fingerprint density at radius 1 is 1.03 bits per heavy atom. The van der Waals surface area contributed by atoms with Gasteiger partial charge in [-0.3, -0.25) is 4.90 Å². The SMILES string of the molecule is CC(Oc1ccc(C(C)(C)C)cc1)C(=O)OC1CN2CCC1CC2.O=C(O)/C=C\C(=O)O. The van der Waals surface area contributed by atoms with Crippen molar-refractivity contribution in [1.29, 1.82) is 0 Å². The summed E-state index contributed by atoms with van der Waals surface area (Å²) in [5.74, 6) is -1.54. The quantitative estimate of drug-likeness (QED) is 0.505. The van der Waals surface area contributed by atoms with Crippen molar-refractivity contribution in [2.45, 2.75) is 58.2 Å². The van der Waals surface area contributed by atoms with Gasteiger partial charge in [0.2, 0.25) is 0 Å². The fraction of sp³-hybridized carbons (Fsp3) is 0.542. The fourth-order valence-corrected chi connectivity index (χ4v) is 3.72. The molecular weight excluding hydrogens is 414 g/mol. The number of hydrogen-bond donors (Lipinski definition) is 2. The number of hydrogen-bond acceptors (Lipinski definition) is 6. The second-order valence-electron chi connectivity index (χ2n) is 9.16. The Hall–Kier alpha value is -2.87. The van der Waals surface area contributed by atoms with Crippen LogP contribution in [-0.4, -0.2) is 64.9 Å². The molecule has 1 aromatic rings. The second-order valence-corrected chi connectivity index (χ2v) is 9.16. The number of fused-ring (bicyclic) bond motifs is 3. The highest BCUT2D eigenvalue weighted by atomic mass is 16.6. The monoisotopic (exact) mass is 447 g/mol. The van der Waals surface area contributed by atoms with Crippen LogP contribution in [0.1, 0.15) is 46.1 Å². The Labute approximate surface area is 188 Å². The normalized spacial score (nSPS) is 23.1. The Kier molecular flexibility index (Phi) is 8.83. The van der Waals surface area contributed by atoms with E-state index in [2.05, 4.69) is 37.8 Å². The molecule has 2 unspecified atom stereocenters. The molecule has 3 heterocycles. The second kappa shape index (κ2) is 11.1. The number of carbonyl (C=O) groups is 3. The van der Waals surface area contributed by atoms with Crippen LogP contribution in [0.15, 0.2) is 36.4 Å². The summed E-state index contributed by atoms with van der Waals surface area (Å²) in [6.07, 6.45) is 2.85. The number of carboxylic acid groups (broad SMARTS) is 2. The van der Waals surface area contributed by atoms with E-state index in [1.54, 1.807) is 6.92 Å². The number of benzene rings is 1. The van der Waals surface area contributed by atoms with Crippen LogP contribution < -0.4 is 4.74 Å². The van der Waals surface area contributed by atoms with Gasteiger partial charge < -0.3 is 19.7 Å². The van der Waals surface area contributed by atoms with Gasteiger partial charge in [0.25, 0.3) is 0 Å². The van der Waals surface area contributed by atoms with E-state index in [1.165, 1.54) is 5.56 Å². The van der Waals surface area contributed by atoms with Crippen LogP contribution in [0.5, 0.6) is 5.75 Å². The fourth-order valence-electron chi connectivity index (χ4n) is 3.72. The molecular formula is C24H33NO7. The maximum Gasteiger partial charge on any atom is 0.347 e. The summed E-state index contributed by atoms with van der Waals surface area (Å²) in [4.78, 5) is 33.8. The number of nitrogens with zero attached hydrogens (tertiary/aromatic N) is 1. The molecule has 0 aliphatic carbocycles. The first-order chi connectivity index (χ1) is 15.0. The molecule has 0 radical (unpaired) electrons. The van der Waals surface area contributed by atoms with Gasteiger partial charge in [-0.2, -0.15) is 0 Å². The molecule has 0 aromatic heterocycles. The zero-order chi connectivity index (χ0) is 23.9. The van der Waals surface area contributed by atoms with Gasteiger partial charge in [-0.15, -0.1) is 0 Å². The van der Waals surface area contributed by atoms with Crippen molar-refractivity contribution >= 4 is 17.9 Å². The first-order valence-electron chi connectivity index (χ1n) is 10.8. The van der Waals surface area contributed by atoms with Gasteiger partial charge in [0, 0.05) is 18.7 Å². The molecule has 8 heteroatoms. The number of carbonyl (C=O) groups excluding carboxylic acids is 1. The summed E-state index contributed by atoms with van der Waals surface area (Å²) < 4.78 is 11.5. The molecule has 32 heavy (non-hydrogen) atoms.